The Morgan fingerprint density at radius 1 is 1.44 bits per heavy atom. The van der Waals surface area contributed by atoms with E-state index in [0.717, 1.165) is 41.0 Å². The molecule has 2 heterocycles. The highest BCUT2D eigenvalue weighted by Crippen LogP contribution is 2.28. The summed E-state index contributed by atoms with van der Waals surface area (Å²) in [6.07, 6.45) is 2.43. The van der Waals surface area contributed by atoms with Gasteiger partial charge in [0.15, 0.2) is 4.34 Å². The van der Waals surface area contributed by atoms with Gasteiger partial charge in [-0.1, -0.05) is 52.4 Å². The van der Waals surface area contributed by atoms with E-state index in [1.807, 2.05) is 13.0 Å². The summed E-state index contributed by atoms with van der Waals surface area (Å²) in [5.74, 6) is 0.165. The smallest absolute Gasteiger partial charge is 0.230 e. The summed E-state index contributed by atoms with van der Waals surface area (Å²) < 4.78 is 6.32. The SMILES string of the molecule is C[C@@H](NC(=O)CSc1nnc(NC[C@@H]2CCCO2)s1)c1ccc(Cl)cc1Cl. The predicted octanol–water partition coefficient (Wildman–Crippen LogP) is 4.41. The summed E-state index contributed by atoms with van der Waals surface area (Å²) in [5.41, 5.74) is 0.830. The van der Waals surface area contributed by atoms with E-state index in [0.29, 0.717) is 10.0 Å². The molecule has 27 heavy (non-hydrogen) atoms. The van der Waals surface area contributed by atoms with Crippen LogP contribution in [0.2, 0.25) is 10.0 Å². The molecule has 6 nitrogen and oxygen atoms in total. The Morgan fingerprint density at radius 3 is 3.04 bits per heavy atom. The molecule has 0 spiro atoms. The summed E-state index contributed by atoms with van der Waals surface area (Å²) in [4.78, 5) is 12.2. The molecule has 1 aromatic carbocycles. The minimum absolute atomic E-state index is 0.0948. The molecule has 0 unspecified atom stereocenters. The van der Waals surface area contributed by atoms with E-state index in [9.17, 15) is 4.79 Å². The average Bonchev–Trinajstić information content (AvgIpc) is 3.29. The van der Waals surface area contributed by atoms with Crippen molar-refractivity contribution in [2.24, 2.45) is 0 Å². The monoisotopic (exact) mass is 446 g/mol. The van der Waals surface area contributed by atoms with Crippen molar-refractivity contribution in [2.45, 2.75) is 36.3 Å². The number of thioether (sulfide) groups is 1. The van der Waals surface area contributed by atoms with Gasteiger partial charge in [0.25, 0.3) is 0 Å². The van der Waals surface area contributed by atoms with Gasteiger partial charge in [0, 0.05) is 23.2 Å². The first kappa shape index (κ1) is 20.7. The van der Waals surface area contributed by atoms with Crippen molar-refractivity contribution in [3.63, 3.8) is 0 Å². The number of benzene rings is 1. The van der Waals surface area contributed by atoms with Crippen LogP contribution in [0.4, 0.5) is 5.13 Å². The van der Waals surface area contributed by atoms with Crippen molar-refractivity contribution >= 4 is 57.3 Å². The molecular formula is C17H20Cl2N4O2S2. The van der Waals surface area contributed by atoms with Crippen LogP contribution in [0.3, 0.4) is 0 Å². The third-order valence-electron chi connectivity index (χ3n) is 4.04. The number of nitrogens with one attached hydrogen (secondary N) is 2. The van der Waals surface area contributed by atoms with E-state index < -0.39 is 0 Å². The molecule has 0 bridgehead atoms. The van der Waals surface area contributed by atoms with Crippen LogP contribution >= 0.6 is 46.3 Å². The number of hydrogen-bond donors (Lipinski definition) is 2. The van der Waals surface area contributed by atoms with E-state index in [1.54, 1.807) is 12.1 Å². The second kappa shape index (κ2) is 9.93. The van der Waals surface area contributed by atoms with Crippen LogP contribution in [-0.4, -0.2) is 41.1 Å². The number of carbonyl (C=O) groups excluding carboxylic acids is 1. The topological polar surface area (TPSA) is 76.1 Å². The highest BCUT2D eigenvalue weighted by Gasteiger charge is 2.17. The van der Waals surface area contributed by atoms with Crippen molar-refractivity contribution in [1.29, 1.82) is 0 Å². The number of halogens is 2. The Kier molecular flexibility index (Phi) is 7.60. The maximum atomic E-state index is 12.2. The molecule has 10 heteroatoms. The van der Waals surface area contributed by atoms with Gasteiger partial charge < -0.3 is 15.4 Å². The summed E-state index contributed by atoms with van der Waals surface area (Å²) >= 11 is 14.9. The van der Waals surface area contributed by atoms with Gasteiger partial charge in [-0.3, -0.25) is 4.79 Å². The number of hydrogen-bond acceptors (Lipinski definition) is 7. The molecule has 1 amide bonds. The van der Waals surface area contributed by atoms with Crippen LogP contribution in [0.25, 0.3) is 0 Å². The van der Waals surface area contributed by atoms with Crippen LogP contribution in [0.15, 0.2) is 22.5 Å². The second-order valence-corrected chi connectivity index (χ2v) is 9.18. The first-order valence-corrected chi connectivity index (χ1v) is 11.1. The molecule has 146 valence electrons. The van der Waals surface area contributed by atoms with Gasteiger partial charge >= 0.3 is 0 Å². The Balaban J connectivity index is 1.43. The van der Waals surface area contributed by atoms with Crippen LogP contribution < -0.4 is 10.6 Å². The van der Waals surface area contributed by atoms with Crippen LogP contribution in [0.1, 0.15) is 31.4 Å². The number of carbonyl (C=O) groups is 1. The van der Waals surface area contributed by atoms with Crippen LogP contribution in [0, 0.1) is 0 Å². The van der Waals surface area contributed by atoms with E-state index in [-0.39, 0.29) is 23.8 Å². The summed E-state index contributed by atoms with van der Waals surface area (Å²) in [7, 11) is 0. The first-order valence-electron chi connectivity index (χ1n) is 8.57. The summed E-state index contributed by atoms with van der Waals surface area (Å²) in [6, 6.07) is 5.04. The number of aromatic nitrogens is 2. The number of anilines is 1. The molecule has 2 N–H and O–H groups in total. The van der Waals surface area contributed by atoms with Crippen molar-refractivity contribution in [3.05, 3.63) is 33.8 Å². The fourth-order valence-corrected chi connectivity index (χ4v) is 4.83. The molecular weight excluding hydrogens is 427 g/mol. The van der Waals surface area contributed by atoms with E-state index in [1.165, 1.54) is 23.1 Å². The summed E-state index contributed by atoms with van der Waals surface area (Å²) in [5, 5.41) is 16.2. The number of ether oxygens (including phenoxy) is 1. The van der Waals surface area contributed by atoms with Gasteiger partial charge in [-0.2, -0.15) is 0 Å². The molecule has 0 radical (unpaired) electrons. The van der Waals surface area contributed by atoms with Gasteiger partial charge in [0.2, 0.25) is 11.0 Å². The Bertz CT molecular complexity index is 784. The largest absolute Gasteiger partial charge is 0.376 e. The van der Waals surface area contributed by atoms with Gasteiger partial charge in [0.1, 0.15) is 0 Å². The molecule has 1 aromatic heterocycles. The lowest BCUT2D eigenvalue weighted by atomic mass is 10.1. The standard InChI is InChI=1S/C17H20Cl2N4O2S2/c1-10(13-5-4-11(18)7-14(13)19)21-15(24)9-26-17-23-22-16(27-17)20-8-12-3-2-6-25-12/h4-5,7,10,12H,2-3,6,8-9H2,1H3,(H,20,22)(H,21,24)/t10-,12+/m1/s1. The molecule has 2 atom stereocenters. The second-order valence-electron chi connectivity index (χ2n) is 6.13. The first-order chi connectivity index (χ1) is 13.0. The molecule has 1 aliphatic heterocycles. The van der Waals surface area contributed by atoms with Crippen molar-refractivity contribution in [2.75, 3.05) is 24.2 Å². The third-order valence-corrected chi connectivity index (χ3v) is 6.62. The van der Waals surface area contributed by atoms with Gasteiger partial charge in [-0.25, -0.2) is 0 Å². The van der Waals surface area contributed by atoms with Gasteiger partial charge in [-0.15, -0.1) is 10.2 Å². The maximum Gasteiger partial charge on any atom is 0.230 e. The van der Waals surface area contributed by atoms with E-state index >= 15 is 0 Å². The third kappa shape index (κ3) is 6.22. The average molecular weight is 447 g/mol. The van der Waals surface area contributed by atoms with Crippen molar-refractivity contribution < 1.29 is 9.53 Å². The molecule has 0 saturated carbocycles. The molecule has 1 fully saturated rings. The lowest BCUT2D eigenvalue weighted by Crippen LogP contribution is -2.28. The summed E-state index contributed by atoms with van der Waals surface area (Å²) in [6.45, 7) is 3.45. The Morgan fingerprint density at radius 2 is 2.30 bits per heavy atom. The Labute approximate surface area is 176 Å². The number of amides is 1. The minimum Gasteiger partial charge on any atom is -0.376 e. The van der Waals surface area contributed by atoms with E-state index in [4.69, 9.17) is 27.9 Å². The Hall–Kier alpha value is -1.06. The van der Waals surface area contributed by atoms with Crippen molar-refractivity contribution in [1.82, 2.24) is 15.5 Å². The molecule has 0 aliphatic carbocycles. The molecule has 3 rings (SSSR count). The zero-order valence-corrected chi connectivity index (χ0v) is 17.9. The number of nitrogens with zero attached hydrogens (tertiary/aromatic N) is 2. The van der Waals surface area contributed by atoms with Crippen molar-refractivity contribution in [3.8, 4) is 0 Å². The predicted molar refractivity (Wildman–Crippen MR) is 111 cm³/mol. The lowest BCUT2D eigenvalue weighted by Gasteiger charge is -2.15. The quantitative estimate of drug-likeness (QED) is 0.584. The highest BCUT2D eigenvalue weighted by molar-refractivity contribution is 8.01. The lowest BCUT2D eigenvalue weighted by molar-refractivity contribution is -0.119. The maximum absolute atomic E-state index is 12.2. The fraction of sp³-hybridized carbons (Fsp3) is 0.471. The van der Waals surface area contributed by atoms with Gasteiger partial charge in [-0.05, 0) is 37.5 Å². The fourth-order valence-electron chi connectivity index (χ4n) is 2.69. The minimum atomic E-state index is -0.207. The zero-order valence-electron chi connectivity index (χ0n) is 14.7. The zero-order chi connectivity index (χ0) is 19.2. The molecule has 2 aromatic rings. The highest BCUT2D eigenvalue weighted by atomic mass is 35.5. The molecule has 1 aliphatic rings. The number of rotatable bonds is 8. The van der Waals surface area contributed by atoms with Gasteiger partial charge in [0.05, 0.1) is 17.9 Å². The van der Waals surface area contributed by atoms with E-state index in [2.05, 4.69) is 20.8 Å². The van der Waals surface area contributed by atoms with Crippen LogP contribution in [0.5, 0.6) is 0 Å². The van der Waals surface area contributed by atoms with Crippen LogP contribution in [-0.2, 0) is 9.53 Å². The molecule has 1 saturated heterocycles. The normalized spacial score (nSPS) is 17.7.